The third-order valence-corrected chi connectivity index (χ3v) is 3.00. The molecule has 16 heavy (non-hydrogen) atoms. The SMILES string of the molecule is CC(C)C(=O)C(C#N)c1ccc(Cl)c(Cl)c1. The van der Waals surface area contributed by atoms with Crippen LogP contribution in [-0.4, -0.2) is 5.78 Å². The van der Waals surface area contributed by atoms with E-state index in [-0.39, 0.29) is 11.7 Å². The second-order valence-corrected chi connectivity index (χ2v) is 4.61. The van der Waals surface area contributed by atoms with Gasteiger partial charge in [0.1, 0.15) is 5.92 Å². The molecule has 84 valence electrons. The Bertz CT molecular complexity index is 449. The van der Waals surface area contributed by atoms with Gasteiger partial charge >= 0.3 is 0 Å². The Kier molecular flexibility index (Phi) is 4.35. The van der Waals surface area contributed by atoms with Crippen LogP contribution in [-0.2, 0) is 4.79 Å². The molecule has 4 heteroatoms. The number of halogens is 2. The molecule has 0 aliphatic rings. The number of ketones is 1. The molecule has 1 unspecified atom stereocenters. The number of nitrogens with zero attached hydrogens (tertiary/aromatic N) is 1. The summed E-state index contributed by atoms with van der Waals surface area (Å²) < 4.78 is 0. The zero-order chi connectivity index (χ0) is 12.3. The van der Waals surface area contributed by atoms with E-state index in [1.807, 2.05) is 6.07 Å². The molecule has 1 rings (SSSR count). The quantitative estimate of drug-likeness (QED) is 0.824. The summed E-state index contributed by atoms with van der Waals surface area (Å²) in [5.41, 5.74) is 0.593. The van der Waals surface area contributed by atoms with E-state index in [9.17, 15) is 4.79 Å². The Morgan fingerprint density at radius 1 is 1.31 bits per heavy atom. The molecular weight excluding hydrogens is 245 g/mol. The summed E-state index contributed by atoms with van der Waals surface area (Å²) >= 11 is 11.6. The van der Waals surface area contributed by atoms with Gasteiger partial charge in [-0.3, -0.25) is 4.79 Å². The fourth-order valence-electron chi connectivity index (χ4n) is 1.33. The molecule has 0 amide bonds. The van der Waals surface area contributed by atoms with Crippen molar-refractivity contribution in [3.63, 3.8) is 0 Å². The molecule has 0 heterocycles. The first-order chi connectivity index (χ1) is 7.47. The summed E-state index contributed by atoms with van der Waals surface area (Å²) in [4.78, 5) is 11.8. The highest BCUT2D eigenvalue weighted by atomic mass is 35.5. The number of hydrogen-bond acceptors (Lipinski definition) is 2. The van der Waals surface area contributed by atoms with Crippen LogP contribution in [0.3, 0.4) is 0 Å². The van der Waals surface area contributed by atoms with Crippen molar-refractivity contribution >= 4 is 29.0 Å². The maximum Gasteiger partial charge on any atom is 0.156 e. The van der Waals surface area contributed by atoms with Crippen LogP contribution < -0.4 is 0 Å². The van der Waals surface area contributed by atoms with Crippen LogP contribution in [0.2, 0.25) is 10.0 Å². The van der Waals surface area contributed by atoms with Crippen molar-refractivity contribution in [2.24, 2.45) is 5.92 Å². The number of Topliss-reactive ketones (excluding diaryl/α,β-unsaturated/α-hetero) is 1. The van der Waals surface area contributed by atoms with E-state index in [0.29, 0.717) is 15.6 Å². The lowest BCUT2D eigenvalue weighted by Crippen LogP contribution is -2.16. The first-order valence-electron chi connectivity index (χ1n) is 4.85. The van der Waals surface area contributed by atoms with E-state index in [0.717, 1.165) is 0 Å². The molecule has 0 saturated carbocycles. The molecule has 0 N–H and O–H groups in total. The minimum absolute atomic E-state index is 0.110. The van der Waals surface area contributed by atoms with Gasteiger partial charge in [-0.1, -0.05) is 43.1 Å². The summed E-state index contributed by atoms with van der Waals surface area (Å²) in [6, 6.07) is 6.81. The molecule has 0 fully saturated rings. The normalized spacial score (nSPS) is 12.2. The Labute approximate surface area is 105 Å². The smallest absolute Gasteiger partial charge is 0.156 e. The zero-order valence-electron chi connectivity index (χ0n) is 9.00. The van der Waals surface area contributed by atoms with Gasteiger partial charge in [-0.25, -0.2) is 0 Å². The van der Waals surface area contributed by atoms with Crippen LogP contribution in [0.4, 0.5) is 0 Å². The van der Waals surface area contributed by atoms with E-state index in [2.05, 4.69) is 0 Å². The molecule has 2 nitrogen and oxygen atoms in total. The average Bonchev–Trinajstić information content (AvgIpc) is 2.24. The minimum Gasteiger partial charge on any atom is -0.298 e. The maximum absolute atomic E-state index is 11.8. The van der Waals surface area contributed by atoms with Crippen LogP contribution in [0.5, 0.6) is 0 Å². The predicted molar refractivity (Wildman–Crippen MR) is 64.7 cm³/mol. The summed E-state index contributed by atoms with van der Waals surface area (Å²) in [6.45, 7) is 3.54. The largest absolute Gasteiger partial charge is 0.298 e. The van der Waals surface area contributed by atoms with Crippen molar-refractivity contribution in [3.05, 3.63) is 33.8 Å². The minimum atomic E-state index is -0.769. The Morgan fingerprint density at radius 3 is 2.38 bits per heavy atom. The number of carbonyl (C=O) groups excluding carboxylic acids is 1. The number of benzene rings is 1. The molecule has 1 aromatic rings. The standard InChI is InChI=1S/C12H11Cl2NO/c1-7(2)12(16)9(6-15)8-3-4-10(13)11(14)5-8/h3-5,7,9H,1-2H3. The van der Waals surface area contributed by atoms with Gasteiger partial charge in [0.2, 0.25) is 0 Å². The molecule has 0 aliphatic heterocycles. The average molecular weight is 256 g/mol. The number of rotatable bonds is 3. The third kappa shape index (κ3) is 2.75. The Hall–Kier alpha value is -1.04. The van der Waals surface area contributed by atoms with E-state index in [1.165, 1.54) is 0 Å². The van der Waals surface area contributed by atoms with Gasteiger partial charge in [-0.05, 0) is 17.7 Å². The van der Waals surface area contributed by atoms with Crippen molar-refractivity contribution in [1.82, 2.24) is 0 Å². The second kappa shape index (κ2) is 5.34. The molecule has 0 aliphatic carbocycles. The van der Waals surface area contributed by atoms with Crippen molar-refractivity contribution in [2.45, 2.75) is 19.8 Å². The van der Waals surface area contributed by atoms with Crippen LogP contribution in [0.15, 0.2) is 18.2 Å². The van der Waals surface area contributed by atoms with Gasteiger partial charge in [0, 0.05) is 5.92 Å². The molecule has 0 bridgehead atoms. The summed E-state index contributed by atoms with van der Waals surface area (Å²) in [7, 11) is 0. The summed E-state index contributed by atoms with van der Waals surface area (Å²) in [5, 5.41) is 9.79. The van der Waals surface area contributed by atoms with Crippen LogP contribution in [0.25, 0.3) is 0 Å². The van der Waals surface area contributed by atoms with Crippen LogP contribution in [0.1, 0.15) is 25.3 Å². The lowest BCUT2D eigenvalue weighted by atomic mass is 9.90. The number of hydrogen-bond donors (Lipinski definition) is 0. The fraction of sp³-hybridized carbons (Fsp3) is 0.333. The highest BCUT2D eigenvalue weighted by Crippen LogP contribution is 2.27. The van der Waals surface area contributed by atoms with Gasteiger partial charge in [0.15, 0.2) is 5.78 Å². The highest BCUT2D eigenvalue weighted by molar-refractivity contribution is 6.42. The molecule has 1 atom stereocenters. The zero-order valence-corrected chi connectivity index (χ0v) is 10.5. The maximum atomic E-state index is 11.8. The third-order valence-electron chi connectivity index (χ3n) is 2.26. The predicted octanol–water partition coefficient (Wildman–Crippen LogP) is 3.83. The van der Waals surface area contributed by atoms with Crippen molar-refractivity contribution in [3.8, 4) is 6.07 Å². The fourth-order valence-corrected chi connectivity index (χ4v) is 1.63. The number of carbonyl (C=O) groups is 1. The van der Waals surface area contributed by atoms with E-state index in [4.69, 9.17) is 28.5 Å². The molecule has 1 aromatic carbocycles. The van der Waals surface area contributed by atoms with Crippen LogP contribution >= 0.6 is 23.2 Å². The monoisotopic (exact) mass is 255 g/mol. The van der Waals surface area contributed by atoms with Crippen LogP contribution in [0, 0.1) is 17.2 Å². The topological polar surface area (TPSA) is 40.9 Å². The first kappa shape index (κ1) is 13.0. The Balaban J connectivity index is 3.11. The lowest BCUT2D eigenvalue weighted by Gasteiger charge is -2.11. The van der Waals surface area contributed by atoms with Gasteiger partial charge < -0.3 is 0 Å². The highest BCUT2D eigenvalue weighted by Gasteiger charge is 2.23. The second-order valence-electron chi connectivity index (χ2n) is 3.79. The molecule has 0 spiro atoms. The van der Waals surface area contributed by atoms with Crippen molar-refractivity contribution in [1.29, 1.82) is 5.26 Å². The number of nitriles is 1. The Morgan fingerprint density at radius 2 is 1.94 bits per heavy atom. The van der Waals surface area contributed by atoms with Gasteiger partial charge in [0.25, 0.3) is 0 Å². The van der Waals surface area contributed by atoms with E-state index in [1.54, 1.807) is 32.0 Å². The van der Waals surface area contributed by atoms with E-state index >= 15 is 0 Å². The van der Waals surface area contributed by atoms with Gasteiger partial charge in [-0.2, -0.15) is 5.26 Å². The first-order valence-corrected chi connectivity index (χ1v) is 5.61. The van der Waals surface area contributed by atoms with Gasteiger partial charge in [0.05, 0.1) is 16.1 Å². The van der Waals surface area contributed by atoms with Crippen molar-refractivity contribution in [2.75, 3.05) is 0 Å². The molecular formula is C12H11Cl2NO. The van der Waals surface area contributed by atoms with E-state index < -0.39 is 5.92 Å². The lowest BCUT2D eigenvalue weighted by molar-refractivity contribution is -0.122. The van der Waals surface area contributed by atoms with Crippen molar-refractivity contribution < 1.29 is 4.79 Å². The van der Waals surface area contributed by atoms with Gasteiger partial charge in [-0.15, -0.1) is 0 Å². The molecule has 0 radical (unpaired) electrons. The molecule has 0 aromatic heterocycles. The summed E-state index contributed by atoms with van der Waals surface area (Å²) in [6.07, 6.45) is 0. The molecule has 0 saturated heterocycles. The summed E-state index contributed by atoms with van der Waals surface area (Å²) in [5.74, 6) is -1.06.